The second-order valence-electron chi connectivity index (χ2n) is 12.9. The molecular weight excluding hydrogens is 590 g/mol. The standard InChI is InChI=1S/C37H45N7O3/c1-5-28-24-42(29(6-2)23-41(28)25(3)27-12-15-31-33(21-27)39-19-18-38-31)37-36-32(40-44(37)35-9-7-8-20-47-35)16-17-34(45)43(36)22-26-10-13-30(46-4)14-11-26/h10-19,21,25,28-29,35H,5-9,20,22-24H2,1-4H3/t25?,28-,29+,35?/m1/s1. The third-order valence-electron chi connectivity index (χ3n) is 10.2. The van der Waals surface area contributed by atoms with Crippen LogP contribution < -0.4 is 15.2 Å². The molecule has 5 heterocycles. The highest BCUT2D eigenvalue weighted by atomic mass is 16.5. The minimum absolute atomic E-state index is 0.0366. The minimum atomic E-state index is -0.163. The van der Waals surface area contributed by atoms with Crippen molar-refractivity contribution >= 4 is 27.9 Å². The summed E-state index contributed by atoms with van der Waals surface area (Å²) in [5.74, 6) is 1.79. The summed E-state index contributed by atoms with van der Waals surface area (Å²) in [5, 5.41) is 5.18. The van der Waals surface area contributed by atoms with E-state index >= 15 is 0 Å². The summed E-state index contributed by atoms with van der Waals surface area (Å²) in [7, 11) is 1.67. The van der Waals surface area contributed by atoms with Crippen LogP contribution in [0.4, 0.5) is 5.82 Å². The van der Waals surface area contributed by atoms with Crippen molar-refractivity contribution in [1.29, 1.82) is 0 Å². The summed E-state index contributed by atoms with van der Waals surface area (Å²) in [4.78, 5) is 27.9. The maximum atomic E-state index is 13.7. The molecule has 2 unspecified atom stereocenters. The molecule has 246 valence electrons. The van der Waals surface area contributed by atoms with Crippen LogP contribution in [-0.4, -0.2) is 68.1 Å². The Labute approximate surface area is 275 Å². The molecule has 10 heteroatoms. The van der Waals surface area contributed by atoms with Crippen molar-refractivity contribution in [2.45, 2.75) is 83.8 Å². The second kappa shape index (κ2) is 13.4. The summed E-state index contributed by atoms with van der Waals surface area (Å²) < 4.78 is 15.8. The highest BCUT2D eigenvalue weighted by Crippen LogP contribution is 2.38. The number of benzene rings is 2. The Kier molecular flexibility index (Phi) is 8.96. The van der Waals surface area contributed by atoms with Gasteiger partial charge in [0.05, 0.1) is 24.7 Å². The maximum absolute atomic E-state index is 13.7. The molecule has 10 nitrogen and oxygen atoms in total. The summed E-state index contributed by atoms with van der Waals surface area (Å²) >= 11 is 0. The lowest BCUT2D eigenvalue weighted by Gasteiger charge is -2.49. The van der Waals surface area contributed by atoms with E-state index in [4.69, 9.17) is 14.6 Å². The number of rotatable bonds is 9. The predicted octanol–water partition coefficient (Wildman–Crippen LogP) is 6.34. The van der Waals surface area contributed by atoms with E-state index < -0.39 is 0 Å². The molecule has 2 saturated heterocycles. The summed E-state index contributed by atoms with van der Waals surface area (Å²) in [6, 6.07) is 18.7. The SMILES string of the molecule is CC[C@H]1CN(C(C)c2ccc3nccnc3c2)[C@H](CC)CN1c1c2c(ccc(=O)n2Cc2ccc(OC)cc2)nn1C1CCCCO1. The van der Waals surface area contributed by atoms with E-state index in [9.17, 15) is 4.79 Å². The average Bonchev–Trinajstić information content (AvgIpc) is 3.52. The van der Waals surface area contributed by atoms with E-state index in [0.29, 0.717) is 12.6 Å². The van der Waals surface area contributed by atoms with Gasteiger partial charge < -0.3 is 14.4 Å². The Morgan fingerprint density at radius 3 is 2.40 bits per heavy atom. The normalized spacial score (nSPS) is 21.4. The number of hydrogen-bond donors (Lipinski definition) is 0. The Hall–Kier alpha value is -4.28. The van der Waals surface area contributed by atoms with Gasteiger partial charge in [0.2, 0.25) is 0 Å². The smallest absolute Gasteiger partial charge is 0.251 e. The van der Waals surface area contributed by atoms with Crippen LogP contribution in [0.15, 0.2) is 71.8 Å². The van der Waals surface area contributed by atoms with Crippen LogP contribution >= 0.6 is 0 Å². The number of methoxy groups -OCH3 is 1. The first-order valence-corrected chi connectivity index (χ1v) is 17.1. The van der Waals surface area contributed by atoms with Gasteiger partial charge >= 0.3 is 0 Å². The fraction of sp³-hybridized carbons (Fsp3) is 0.459. The average molecular weight is 636 g/mol. The molecule has 47 heavy (non-hydrogen) atoms. The predicted molar refractivity (Wildman–Crippen MR) is 185 cm³/mol. The molecule has 2 aromatic carbocycles. The molecule has 0 saturated carbocycles. The van der Waals surface area contributed by atoms with E-state index in [2.05, 4.69) is 63.4 Å². The molecule has 2 fully saturated rings. The number of pyridine rings is 1. The number of piperazine rings is 1. The van der Waals surface area contributed by atoms with Gasteiger partial charge in [0.25, 0.3) is 5.56 Å². The van der Waals surface area contributed by atoms with Crippen molar-refractivity contribution in [2.24, 2.45) is 0 Å². The molecule has 4 atom stereocenters. The van der Waals surface area contributed by atoms with Crippen LogP contribution in [0.5, 0.6) is 5.75 Å². The van der Waals surface area contributed by atoms with Gasteiger partial charge in [0.15, 0.2) is 12.0 Å². The Morgan fingerprint density at radius 1 is 0.915 bits per heavy atom. The molecule has 2 aliphatic rings. The Morgan fingerprint density at radius 2 is 1.68 bits per heavy atom. The van der Waals surface area contributed by atoms with E-state index in [1.165, 1.54) is 5.56 Å². The molecule has 0 N–H and O–H groups in total. The monoisotopic (exact) mass is 635 g/mol. The van der Waals surface area contributed by atoms with E-state index in [-0.39, 0.29) is 23.9 Å². The summed E-state index contributed by atoms with van der Waals surface area (Å²) in [6.07, 6.45) is 8.34. The lowest BCUT2D eigenvalue weighted by atomic mass is 9.96. The molecule has 3 aromatic heterocycles. The molecule has 2 aliphatic heterocycles. The van der Waals surface area contributed by atoms with E-state index in [1.807, 2.05) is 34.9 Å². The van der Waals surface area contributed by atoms with Crippen molar-refractivity contribution in [3.8, 4) is 5.75 Å². The van der Waals surface area contributed by atoms with Crippen molar-refractivity contribution in [3.63, 3.8) is 0 Å². The molecule has 7 rings (SSSR count). The van der Waals surface area contributed by atoms with Crippen LogP contribution in [0.1, 0.15) is 76.3 Å². The van der Waals surface area contributed by atoms with Gasteiger partial charge in [-0.1, -0.05) is 32.0 Å². The quantitative estimate of drug-likeness (QED) is 0.186. The molecular formula is C37H45N7O3. The number of ether oxygens (including phenoxy) is 2. The largest absolute Gasteiger partial charge is 0.497 e. The zero-order chi connectivity index (χ0) is 32.5. The van der Waals surface area contributed by atoms with Crippen molar-refractivity contribution in [1.82, 2.24) is 29.2 Å². The van der Waals surface area contributed by atoms with Gasteiger partial charge in [-0.25, -0.2) is 4.68 Å². The molecule has 0 radical (unpaired) electrons. The van der Waals surface area contributed by atoms with Gasteiger partial charge in [-0.2, -0.15) is 5.10 Å². The third-order valence-corrected chi connectivity index (χ3v) is 10.2. The van der Waals surface area contributed by atoms with Crippen LogP contribution in [0.3, 0.4) is 0 Å². The summed E-state index contributed by atoms with van der Waals surface area (Å²) in [6.45, 7) is 9.73. The van der Waals surface area contributed by atoms with Crippen LogP contribution in [-0.2, 0) is 11.3 Å². The Balaban J connectivity index is 1.30. The zero-order valence-electron chi connectivity index (χ0n) is 27.9. The van der Waals surface area contributed by atoms with Gasteiger partial charge in [0, 0.05) is 56.3 Å². The summed E-state index contributed by atoms with van der Waals surface area (Å²) in [5.41, 5.74) is 5.78. The highest BCUT2D eigenvalue weighted by Gasteiger charge is 2.39. The van der Waals surface area contributed by atoms with Crippen molar-refractivity contribution in [2.75, 3.05) is 31.7 Å². The van der Waals surface area contributed by atoms with Gasteiger partial charge in [-0.05, 0) is 80.5 Å². The van der Waals surface area contributed by atoms with E-state index in [1.54, 1.807) is 25.6 Å². The number of anilines is 1. The van der Waals surface area contributed by atoms with Gasteiger partial charge in [-0.15, -0.1) is 0 Å². The van der Waals surface area contributed by atoms with Gasteiger partial charge in [0.1, 0.15) is 16.8 Å². The lowest BCUT2D eigenvalue weighted by molar-refractivity contribution is -0.0386. The molecule has 0 aliphatic carbocycles. The topological polar surface area (TPSA) is 90.5 Å². The molecule has 0 spiro atoms. The molecule has 0 bridgehead atoms. The Bertz CT molecular complexity index is 1900. The van der Waals surface area contributed by atoms with E-state index in [0.717, 1.165) is 91.0 Å². The first-order valence-electron chi connectivity index (χ1n) is 17.1. The first-order chi connectivity index (χ1) is 23.0. The maximum Gasteiger partial charge on any atom is 0.251 e. The van der Waals surface area contributed by atoms with Crippen LogP contribution in [0.25, 0.3) is 22.1 Å². The van der Waals surface area contributed by atoms with Crippen molar-refractivity contribution < 1.29 is 9.47 Å². The van der Waals surface area contributed by atoms with Gasteiger partial charge in [-0.3, -0.25) is 24.2 Å². The van der Waals surface area contributed by atoms with Crippen molar-refractivity contribution in [3.05, 3.63) is 88.5 Å². The highest BCUT2D eigenvalue weighted by molar-refractivity contribution is 5.88. The second-order valence-corrected chi connectivity index (χ2v) is 12.9. The number of nitrogens with zero attached hydrogens (tertiary/aromatic N) is 7. The van der Waals surface area contributed by atoms with Crippen LogP contribution in [0.2, 0.25) is 0 Å². The fourth-order valence-corrected chi connectivity index (χ4v) is 7.46. The lowest BCUT2D eigenvalue weighted by Crippen LogP contribution is -2.59. The number of aromatic nitrogens is 5. The molecule has 0 amide bonds. The van der Waals surface area contributed by atoms with Crippen LogP contribution in [0, 0.1) is 0 Å². The third kappa shape index (κ3) is 6.00. The number of hydrogen-bond acceptors (Lipinski definition) is 8. The molecule has 5 aromatic rings. The zero-order valence-corrected chi connectivity index (χ0v) is 27.9. The first kappa shape index (κ1) is 31.3. The minimum Gasteiger partial charge on any atom is -0.497 e. The number of fused-ring (bicyclic) bond motifs is 2. The fourth-order valence-electron chi connectivity index (χ4n) is 7.46.